The van der Waals surface area contributed by atoms with Gasteiger partial charge in [0.25, 0.3) is 0 Å². The van der Waals surface area contributed by atoms with Gasteiger partial charge in [-0.1, -0.05) is 54.6 Å². The van der Waals surface area contributed by atoms with Crippen LogP contribution in [-0.2, 0) is 0 Å². The van der Waals surface area contributed by atoms with Crippen LogP contribution in [-0.4, -0.2) is 23.9 Å². The average Bonchev–Trinajstić information content (AvgIpc) is 2.51. The van der Waals surface area contributed by atoms with Crippen molar-refractivity contribution in [2.24, 2.45) is 4.99 Å². The number of nitrogens with one attached hydrogen (secondary N) is 1. The van der Waals surface area contributed by atoms with Crippen LogP contribution >= 0.6 is 0 Å². The van der Waals surface area contributed by atoms with Crippen LogP contribution in [0.5, 0.6) is 0 Å². The highest BCUT2D eigenvalue weighted by Crippen LogP contribution is 2.27. The number of rotatable bonds is 2. The third-order valence-electron chi connectivity index (χ3n) is 4.16. The first-order chi connectivity index (χ1) is 10.2. The summed E-state index contributed by atoms with van der Waals surface area (Å²) >= 11 is 0. The Hall–Kier alpha value is -2.13. The molecular weight excluding hydrogens is 258 g/mol. The zero-order chi connectivity index (χ0) is 14.8. The predicted molar refractivity (Wildman–Crippen MR) is 87.3 cm³/mol. The summed E-state index contributed by atoms with van der Waals surface area (Å²) in [6, 6.07) is 19.3. The SMILES string of the molecule is Cc1ccccc1C1=NC(c2ccccc2)C(C)N(C)N1. The molecule has 108 valence electrons. The van der Waals surface area contributed by atoms with Crippen LogP contribution in [0, 0.1) is 6.92 Å². The lowest BCUT2D eigenvalue weighted by molar-refractivity contribution is 0.178. The second-order valence-electron chi connectivity index (χ2n) is 5.61. The maximum Gasteiger partial charge on any atom is 0.143 e. The number of benzene rings is 2. The van der Waals surface area contributed by atoms with E-state index in [1.54, 1.807) is 0 Å². The van der Waals surface area contributed by atoms with Crippen molar-refractivity contribution in [3.05, 3.63) is 71.3 Å². The molecule has 3 heteroatoms. The molecule has 0 saturated carbocycles. The van der Waals surface area contributed by atoms with Gasteiger partial charge in [-0.3, -0.25) is 4.99 Å². The van der Waals surface area contributed by atoms with Gasteiger partial charge in [0.15, 0.2) is 0 Å². The van der Waals surface area contributed by atoms with Crippen LogP contribution in [0.3, 0.4) is 0 Å². The van der Waals surface area contributed by atoms with Crippen LogP contribution in [0.1, 0.15) is 29.7 Å². The number of nitrogens with zero attached hydrogens (tertiary/aromatic N) is 2. The lowest BCUT2D eigenvalue weighted by Gasteiger charge is -2.36. The Bertz CT molecular complexity index is 649. The molecule has 2 atom stereocenters. The van der Waals surface area contributed by atoms with Crippen LogP contribution in [0.2, 0.25) is 0 Å². The molecule has 0 amide bonds. The molecule has 3 rings (SSSR count). The zero-order valence-corrected chi connectivity index (χ0v) is 12.7. The number of aliphatic imine (C=N–C) groups is 1. The second-order valence-corrected chi connectivity index (χ2v) is 5.61. The molecule has 0 spiro atoms. The summed E-state index contributed by atoms with van der Waals surface area (Å²) < 4.78 is 0. The lowest BCUT2D eigenvalue weighted by Crippen LogP contribution is -2.51. The van der Waals surface area contributed by atoms with Crippen LogP contribution in [0.15, 0.2) is 59.6 Å². The van der Waals surface area contributed by atoms with Crippen molar-refractivity contribution < 1.29 is 0 Å². The van der Waals surface area contributed by atoms with Gasteiger partial charge in [0.05, 0.1) is 12.1 Å². The van der Waals surface area contributed by atoms with E-state index in [0.29, 0.717) is 6.04 Å². The fourth-order valence-electron chi connectivity index (χ4n) is 2.73. The summed E-state index contributed by atoms with van der Waals surface area (Å²) in [4.78, 5) is 4.98. The number of amidine groups is 1. The first-order valence-electron chi connectivity index (χ1n) is 7.35. The number of aryl methyl sites for hydroxylation is 1. The van der Waals surface area contributed by atoms with Crippen molar-refractivity contribution in [3.8, 4) is 0 Å². The molecule has 0 radical (unpaired) electrons. The van der Waals surface area contributed by atoms with E-state index < -0.39 is 0 Å². The van der Waals surface area contributed by atoms with E-state index in [2.05, 4.69) is 79.9 Å². The molecule has 1 aliphatic heterocycles. The number of hydrogen-bond donors (Lipinski definition) is 1. The van der Waals surface area contributed by atoms with E-state index in [1.807, 2.05) is 6.07 Å². The first-order valence-corrected chi connectivity index (χ1v) is 7.35. The number of likely N-dealkylation sites (N-methyl/N-ethyl adjacent to an activating group) is 1. The van der Waals surface area contributed by atoms with Gasteiger partial charge in [-0.15, -0.1) is 0 Å². The Morgan fingerprint density at radius 1 is 1.00 bits per heavy atom. The summed E-state index contributed by atoms with van der Waals surface area (Å²) in [5.74, 6) is 0.947. The van der Waals surface area contributed by atoms with Gasteiger partial charge in [0.2, 0.25) is 0 Å². The van der Waals surface area contributed by atoms with Gasteiger partial charge in [0, 0.05) is 12.6 Å². The highest BCUT2D eigenvalue weighted by molar-refractivity contribution is 6.00. The summed E-state index contributed by atoms with van der Waals surface area (Å²) in [5.41, 5.74) is 7.06. The maximum atomic E-state index is 4.98. The Labute approximate surface area is 126 Å². The van der Waals surface area contributed by atoms with Crippen molar-refractivity contribution >= 4 is 5.84 Å². The zero-order valence-electron chi connectivity index (χ0n) is 12.7. The van der Waals surface area contributed by atoms with Gasteiger partial charge >= 0.3 is 0 Å². The molecule has 2 aromatic carbocycles. The van der Waals surface area contributed by atoms with Gasteiger partial charge in [-0.25, -0.2) is 5.01 Å². The van der Waals surface area contributed by atoms with Crippen LogP contribution in [0.4, 0.5) is 0 Å². The first kappa shape index (κ1) is 13.8. The normalized spacial score (nSPS) is 22.5. The molecular formula is C18H21N3. The van der Waals surface area contributed by atoms with E-state index in [1.165, 1.54) is 11.1 Å². The molecule has 1 aliphatic rings. The summed E-state index contributed by atoms with van der Waals surface area (Å²) in [6.45, 7) is 4.32. The summed E-state index contributed by atoms with van der Waals surface area (Å²) in [7, 11) is 2.08. The van der Waals surface area contributed by atoms with Gasteiger partial charge in [-0.05, 0) is 25.0 Å². The molecule has 0 aliphatic carbocycles. The third kappa shape index (κ3) is 2.69. The molecule has 3 nitrogen and oxygen atoms in total. The minimum atomic E-state index is 0.145. The van der Waals surface area contributed by atoms with Gasteiger partial charge in [0.1, 0.15) is 5.84 Å². The summed E-state index contributed by atoms with van der Waals surface area (Å²) in [5, 5.41) is 2.15. The Morgan fingerprint density at radius 3 is 2.38 bits per heavy atom. The maximum absolute atomic E-state index is 4.98. The minimum absolute atomic E-state index is 0.145. The standard InChI is InChI=1S/C18H21N3/c1-13-9-7-8-12-16(13)18-19-17(14(2)21(3)20-18)15-10-5-4-6-11-15/h4-12,14,17H,1-3H3,(H,19,20). The Kier molecular flexibility index (Phi) is 3.76. The topological polar surface area (TPSA) is 27.6 Å². The predicted octanol–water partition coefficient (Wildman–Crippen LogP) is 3.32. The third-order valence-corrected chi connectivity index (χ3v) is 4.16. The van der Waals surface area contributed by atoms with Gasteiger partial charge in [-0.2, -0.15) is 0 Å². The highest BCUT2D eigenvalue weighted by Gasteiger charge is 2.28. The monoisotopic (exact) mass is 279 g/mol. The number of hydrogen-bond acceptors (Lipinski definition) is 3. The minimum Gasteiger partial charge on any atom is -0.303 e. The quantitative estimate of drug-likeness (QED) is 0.913. The molecule has 0 bridgehead atoms. The highest BCUT2D eigenvalue weighted by atomic mass is 15.5. The summed E-state index contributed by atoms with van der Waals surface area (Å²) in [6.07, 6.45) is 0. The lowest BCUT2D eigenvalue weighted by atomic mass is 9.99. The molecule has 1 heterocycles. The van der Waals surface area contributed by atoms with E-state index in [-0.39, 0.29) is 6.04 Å². The Morgan fingerprint density at radius 2 is 1.67 bits per heavy atom. The molecule has 21 heavy (non-hydrogen) atoms. The van der Waals surface area contributed by atoms with Crippen LogP contribution < -0.4 is 5.43 Å². The van der Waals surface area contributed by atoms with E-state index >= 15 is 0 Å². The van der Waals surface area contributed by atoms with Crippen LogP contribution in [0.25, 0.3) is 0 Å². The molecule has 0 saturated heterocycles. The molecule has 2 unspecified atom stereocenters. The fourth-order valence-corrected chi connectivity index (χ4v) is 2.73. The van der Waals surface area contributed by atoms with E-state index in [4.69, 9.17) is 4.99 Å². The molecule has 0 aromatic heterocycles. The largest absolute Gasteiger partial charge is 0.303 e. The van der Waals surface area contributed by atoms with Crippen molar-refractivity contribution in [1.29, 1.82) is 0 Å². The molecule has 0 fully saturated rings. The Balaban J connectivity index is 2.04. The van der Waals surface area contributed by atoms with Gasteiger partial charge < -0.3 is 5.43 Å². The fraction of sp³-hybridized carbons (Fsp3) is 0.278. The van der Waals surface area contributed by atoms with Crippen molar-refractivity contribution in [1.82, 2.24) is 10.4 Å². The van der Waals surface area contributed by atoms with E-state index in [0.717, 1.165) is 11.4 Å². The smallest absolute Gasteiger partial charge is 0.143 e. The molecule has 2 aromatic rings. The number of hydrazine groups is 1. The average molecular weight is 279 g/mol. The van der Waals surface area contributed by atoms with Crippen molar-refractivity contribution in [2.45, 2.75) is 25.9 Å². The van der Waals surface area contributed by atoms with Crippen molar-refractivity contribution in [3.63, 3.8) is 0 Å². The van der Waals surface area contributed by atoms with E-state index in [9.17, 15) is 0 Å². The second kappa shape index (κ2) is 5.70. The molecule has 1 N–H and O–H groups in total. The van der Waals surface area contributed by atoms with Crippen molar-refractivity contribution in [2.75, 3.05) is 7.05 Å².